The van der Waals surface area contributed by atoms with Gasteiger partial charge in [-0.2, -0.15) is 0 Å². The Bertz CT molecular complexity index is 1130. The largest absolute Gasteiger partial charge is 0.345 e. The lowest BCUT2D eigenvalue weighted by Gasteiger charge is -2.18. The number of amides is 3. The number of rotatable bonds is 4. The van der Waals surface area contributed by atoms with E-state index in [0.29, 0.717) is 12.1 Å². The molecular weight excluding hydrogens is 378 g/mol. The van der Waals surface area contributed by atoms with E-state index in [1.807, 2.05) is 23.7 Å². The number of carbonyl (C=O) groups excluding carboxylic acids is 2. The average Bonchev–Trinajstić information content (AvgIpc) is 3.31. The van der Waals surface area contributed by atoms with Crippen LogP contribution in [0, 0.1) is 0 Å². The average molecular weight is 406 g/mol. The Kier molecular flexibility index (Phi) is 5.20. The number of aryl methyl sites for hydroxylation is 3. The monoisotopic (exact) mass is 405 g/mol. The fourth-order valence-corrected chi connectivity index (χ4v) is 3.93. The van der Waals surface area contributed by atoms with E-state index in [0.717, 1.165) is 35.4 Å². The standard InChI is InChI=1S/C23H27N5O2/c1-26(2)22(29)17-9-11-20-19(13-17)25-21(28(20)4)14-27(3)23(30)24-18-10-8-15-6-5-7-16(15)12-18/h8-13H,5-7,14H2,1-4H3,(H,24,30). The molecule has 1 aliphatic carbocycles. The zero-order chi connectivity index (χ0) is 21.4. The molecule has 1 heterocycles. The third-order valence-corrected chi connectivity index (χ3v) is 5.70. The fourth-order valence-electron chi connectivity index (χ4n) is 3.93. The van der Waals surface area contributed by atoms with Gasteiger partial charge in [-0.1, -0.05) is 6.07 Å². The van der Waals surface area contributed by atoms with Gasteiger partial charge in [0.15, 0.2) is 0 Å². The lowest BCUT2D eigenvalue weighted by Crippen LogP contribution is -2.31. The summed E-state index contributed by atoms with van der Waals surface area (Å²) in [7, 11) is 7.13. The number of hydrogen-bond donors (Lipinski definition) is 1. The van der Waals surface area contributed by atoms with Crippen LogP contribution in [0.25, 0.3) is 11.0 Å². The molecule has 0 bridgehead atoms. The van der Waals surface area contributed by atoms with Gasteiger partial charge >= 0.3 is 6.03 Å². The van der Waals surface area contributed by atoms with E-state index in [9.17, 15) is 9.59 Å². The lowest BCUT2D eigenvalue weighted by molar-refractivity contribution is 0.0827. The molecule has 0 spiro atoms. The molecule has 7 nitrogen and oxygen atoms in total. The minimum atomic E-state index is -0.177. The number of hydrogen-bond acceptors (Lipinski definition) is 3. The molecule has 0 fully saturated rings. The van der Waals surface area contributed by atoms with E-state index in [1.54, 1.807) is 43.1 Å². The van der Waals surface area contributed by atoms with E-state index in [4.69, 9.17) is 0 Å². The molecule has 0 radical (unpaired) electrons. The highest BCUT2D eigenvalue weighted by atomic mass is 16.2. The van der Waals surface area contributed by atoms with Gasteiger partial charge in [0.2, 0.25) is 0 Å². The molecule has 0 saturated heterocycles. The summed E-state index contributed by atoms with van der Waals surface area (Å²) in [6.45, 7) is 0.360. The van der Waals surface area contributed by atoms with Crippen LogP contribution in [-0.2, 0) is 26.4 Å². The Morgan fingerprint density at radius 3 is 2.60 bits per heavy atom. The van der Waals surface area contributed by atoms with Crippen LogP contribution in [0.5, 0.6) is 0 Å². The normalized spacial score (nSPS) is 12.7. The van der Waals surface area contributed by atoms with Crippen molar-refractivity contribution in [3.05, 3.63) is 58.9 Å². The highest BCUT2D eigenvalue weighted by molar-refractivity contribution is 5.97. The highest BCUT2D eigenvalue weighted by Crippen LogP contribution is 2.25. The molecule has 0 saturated carbocycles. The van der Waals surface area contributed by atoms with Crippen LogP contribution < -0.4 is 5.32 Å². The summed E-state index contributed by atoms with van der Waals surface area (Å²) >= 11 is 0. The molecule has 1 aromatic heterocycles. The summed E-state index contributed by atoms with van der Waals surface area (Å²) in [4.78, 5) is 32.7. The Labute approximate surface area is 176 Å². The second-order valence-corrected chi connectivity index (χ2v) is 8.11. The zero-order valence-electron chi connectivity index (χ0n) is 17.9. The van der Waals surface area contributed by atoms with E-state index >= 15 is 0 Å². The number of benzene rings is 2. The van der Waals surface area contributed by atoms with Gasteiger partial charge in [0.05, 0.1) is 17.6 Å². The number of urea groups is 1. The number of imidazole rings is 1. The highest BCUT2D eigenvalue weighted by Gasteiger charge is 2.17. The van der Waals surface area contributed by atoms with Crippen LogP contribution in [0.4, 0.5) is 10.5 Å². The molecule has 1 N–H and O–H groups in total. The molecule has 156 valence electrons. The maximum atomic E-state index is 12.7. The van der Waals surface area contributed by atoms with Crippen molar-refractivity contribution in [3.63, 3.8) is 0 Å². The SMILES string of the molecule is CN(C)C(=O)c1ccc2c(c1)nc(CN(C)C(=O)Nc1ccc3c(c1)CCC3)n2C. The number of nitrogens with one attached hydrogen (secondary N) is 1. The van der Waals surface area contributed by atoms with Gasteiger partial charge < -0.3 is 19.7 Å². The van der Waals surface area contributed by atoms with Crippen LogP contribution in [0.2, 0.25) is 0 Å². The number of aromatic nitrogens is 2. The molecule has 2 aromatic carbocycles. The van der Waals surface area contributed by atoms with Crippen molar-refractivity contribution in [1.29, 1.82) is 0 Å². The maximum Gasteiger partial charge on any atom is 0.321 e. The molecule has 30 heavy (non-hydrogen) atoms. The van der Waals surface area contributed by atoms with Gasteiger partial charge in [-0.15, -0.1) is 0 Å². The Balaban J connectivity index is 1.49. The van der Waals surface area contributed by atoms with E-state index < -0.39 is 0 Å². The summed E-state index contributed by atoms with van der Waals surface area (Å²) in [5, 5.41) is 2.98. The van der Waals surface area contributed by atoms with Crippen LogP contribution >= 0.6 is 0 Å². The molecular formula is C23H27N5O2. The summed E-state index contributed by atoms with van der Waals surface area (Å²) in [6.07, 6.45) is 3.38. The molecule has 1 aliphatic rings. The second-order valence-electron chi connectivity index (χ2n) is 8.11. The van der Waals surface area contributed by atoms with Crippen LogP contribution in [-0.4, -0.2) is 52.4 Å². The van der Waals surface area contributed by atoms with Gasteiger partial charge in [0.1, 0.15) is 5.82 Å². The minimum absolute atomic E-state index is 0.0602. The Morgan fingerprint density at radius 1 is 1.07 bits per heavy atom. The third kappa shape index (κ3) is 3.75. The fraction of sp³-hybridized carbons (Fsp3) is 0.348. The predicted molar refractivity (Wildman–Crippen MR) is 118 cm³/mol. The molecule has 4 rings (SSSR count). The van der Waals surface area contributed by atoms with Crippen molar-refractivity contribution in [3.8, 4) is 0 Å². The van der Waals surface area contributed by atoms with Crippen molar-refractivity contribution in [2.75, 3.05) is 26.5 Å². The number of fused-ring (bicyclic) bond motifs is 2. The first-order valence-corrected chi connectivity index (χ1v) is 10.1. The predicted octanol–water partition coefficient (Wildman–Crippen LogP) is 3.43. The van der Waals surface area contributed by atoms with E-state index in [-0.39, 0.29) is 11.9 Å². The summed E-state index contributed by atoms with van der Waals surface area (Å²) in [5.41, 5.74) is 5.80. The first kappa shape index (κ1) is 19.9. The Hall–Kier alpha value is -3.35. The first-order chi connectivity index (χ1) is 14.3. The molecule has 0 atom stereocenters. The molecule has 0 aliphatic heterocycles. The zero-order valence-corrected chi connectivity index (χ0v) is 17.9. The molecule has 7 heteroatoms. The number of carbonyl (C=O) groups is 2. The van der Waals surface area contributed by atoms with E-state index in [2.05, 4.69) is 22.4 Å². The van der Waals surface area contributed by atoms with Gasteiger partial charge in [0.25, 0.3) is 5.91 Å². The van der Waals surface area contributed by atoms with Crippen molar-refractivity contribution in [1.82, 2.24) is 19.4 Å². The lowest BCUT2D eigenvalue weighted by atomic mass is 10.1. The smallest absolute Gasteiger partial charge is 0.321 e. The van der Waals surface area contributed by atoms with Crippen molar-refractivity contribution < 1.29 is 9.59 Å². The molecule has 0 unspecified atom stereocenters. The van der Waals surface area contributed by atoms with Crippen LogP contribution in [0.1, 0.15) is 33.7 Å². The molecule has 3 aromatic rings. The van der Waals surface area contributed by atoms with E-state index in [1.165, 1.54) is 17.5 Å². The van der Waals surface area contributed by atoms with Gasteiger partial charge in [-0.05, 0) is 60.7 Å². The minimum Gasteiger partial charge on any atom is -0.345 e. The Morgan fingerprint density at radius 2 is 1.83 bits per heavy atom. The van der Waals surface area contributed by atoms with Crippen molar-refractivity contribution in [2.45, 2.75) is 25.8 Å². The summed E-state index contributed by atoms with van der Waals surface area (Å²) < 4.78 is 1.96. The van der Waals surface area contributed by atoms with Gasteiger partial charge in [-0.25, -0.2) is 9.78 Å². The maximum absolute atomic E-state index is 12.7. The summed E-state index contributed by atoms with van der Waals surface area (Å²) in [6, 6.07) is 11.5. The quantitative estimate of drug-likeness (QED) is 0.723. The summed E-state index contributed by atoms with van der Waals surface area (Å²) in [5.74, 6) is 0.695. The van der Waals surface area contributed by atoms with Crippen LogP contribution in [0.15, 0.2) is 36.4 Å². The topological polar surface area (TPSA) is 70.5 Å². The number of anilines is 1. The van der Waals surface area contributed by atoms with Gasteiger partial charge in [-0.3, -0.25) is 4.79 Å². The second kappa shape index (κ2) is 7.82. The van der Waals surface area contributed by atoms with Crippen molar-refractivity contribution in [2.24, 2.45) is 7.05 Å². The third-order valence-electron chi connectivity index (χ3n) is 5.70. The molecule has 3 amide bonds. The van der Waals surface area contributed by atoms with Gasteiger partial charge in [0, 0.05) is 39.4 Å². The van der Waals surface area contributed by atoms with Crippen LogP contribution in [0.3, 0.4) is 0 Å². The van der Waals surface area contributed by atoms with Crippen molar-refractivity contribution >= 4 is 28.7 Å². The number of nitrogens with zero attached hydrogens (tertiary/aromatic N) is 4. The first-order valence-electron chi connectivity index (χ1n) is 10.1.